The molecule has 0 spiro atoms. The molecule has 2 heterocycles. The standard InChI is InChI=1S/C10H14O2S/c1-6-8-4-5-10(12-8,13-3)7(2)9(6)11/h4-8H,1-3H3/t6-,7-,8-,10+/m0/s1. The van der Waals surface area contributed by atoms with Gasteiger partial charge < -0.3 is 4.74 Å². The van der Waals surface area contributed by atoms with E-state index in [4.69, 9.17) is 4.74 Å². The van der Waals surface area contributed by atoms with Gasteiger partial charge >= 0.3 is 0 Å². The minimum Gasteiger partial charge on any atom is -0.352 e. The molecule has 0 radical (unpaired) electrons. The lowest BCUT2D eigenvalue weighted by Gasteiger charge is -2.39. The molecule has 0 unspecified atom stereocenters. The Morgan fingerprint density at radius 2 is 2.23 bits per heavy atom. The van der Waals surface area contributed by atoms with Gasteiger partial charge in [-0.15, -0.1) is 11.8 Å². The fourth-order valence-corrected chi connectivity index (χ4v) is 2.97. The summed E-state index contributed by atoms with van der Waals surface area (Å²) in [6.45, 7) is 3.91. The zero-order chi connectivity index (χ0) is 9.64. The molecule has 0 saturated carbocycles. The quantitative estimate of drug-likeness (QED) is 0.601. The number of thioether (sulfide) groups is 1. The number of ether oxygens (including phenoxy) is 1. The summed E-state index contributed by atoms with van der Waals surface area (Å²) in [4.78, 5) is 11.4. The van der Waals surface area contributed by atoms with Crippen molar-refractivity contribution in [2.45, 2.75) is 24.9 Å². The molecule has 1 saturated heterocycles. The zero-order valence-electron chi connectivity index (χ0n) is 8.11. The Bertz CT molecular complexity index is 274. The minimum absolute atomic E-state index is 0.0103. The monoisotopic (exact) mass is 198 g/mol. The Kier molecular flexibility index (Phi) is 2.04. The predicted molar refractivity (Wildman–Crippen MR) is 53.6 cm³/mol. The van der Waals surface area contributed by atoms with E-state index >= 15 is 0 Å². The van der Waals surface area contributed by atoms with Crippen LogP contribution in [0.1, 0.15) is 13.8 Å². The number of hydrogen-bond donors (Lipinski definition) is 0. The second-order valence-electron chi connectivity index (χ2n) is 3.78. The smallest absolute Gasteiger partial charge is 0.145 e. The summed E-state index contributed by atoms with van der Waals surface area (Å²) in [7, 11) is 0. The Balaban J connectivity index is 2.36. The lowest BCUT2D eigenvalue weighted by molar-refractivity contribution is -0.146. The van der Waals surface area contributed by atoms with Crippen molar-refractivity contribution in [3.05, 3.63) is 12.2 Å². The molecule has 72 valence electrons. The maximum Gasteiger partial charge on any atom is 0.145 e. The SMILES string of the molecule is CS[C@@]12C=C[C@H](O1)[C@H](C)C(=O)[C@@H]2C. The molecular formula is C10H14O2S. The van der Waals surface area contributed by atoms with Crippen LogP contribution in [-0.2, 0) is 9.53 Å². The highest BCUT2D eigenvalue weighted by atomic mass is 32.2. The van der Waals surface area contributed by atoms with Crippen molar-refractivity contribution >= 4 is 17.5 Å². The first-order chi connectivity index (χ1) is 6.10. The summed E-state index contributed by atoms with van der Waals surface area (Å²) >= 11 is 1.62. The van der Waals surface area contributed by atoms with E-state index in [-0.39, 0.29) is 22.9 Å². The van der Waals surface area contributed by atoms with E-state index in [2.05, 4.69) is 6.08 Å². The first kappa shape index (κ1) is 9.28. The fraction of sp³-hybridized carbons (Fsp3) is 0.700. The summed E-state index contributed by atoms with van der Waals surface area (Å²) in [5.41, 5.74) is 0. The molecule has 0 aromatic carbocycles. The molecular weight excluding hydrogens is 184 g/mol. The molecule has 0 aliphatic carbocycles. The third-order valence-electron chi connectivity index (χ3n) is 3.13. The van der Waals surface area contributed by atoms with Crippen LogP contribution in [0.4, 0.5) is 0 Å². The molecule has 4 atom stereocenters. The number of carbonyl (C=O) groups is 1. The van der Waals surface area contributed by atoms with Crippen molar-refractivity contribution in [1.29, 1.82) is 0 Å². The minimum atomic E-state index is -0.367. The molecule has 0 aromatic rings. The first-order valence-electron chi connectivity index (χ1n) is 4.57. The maximum atomic E-state index is 11.8. The van der Waals surface area contributed by atoms with E-state index in [1.54, 1.807) is 11.8 Å². The molecule has 2 aliphatic rings. The van der Waals surface area contributed by atoms with Gasteiger partial charge in [0, 0.05) is 5.92 Å². The Hall–Kier alpha value is -0.280. The van der Waals surface area contributed by atoms with Gasteiger partial charge in [0.2, 0.25) is 0 Å². The molecule has 2 aliphatic heterocycles. The van der Waals surface area contributed by atoms with Gasteiger partial charge in [-0.2, -0.15) is 0 Å². The van der Waals surface area contributed by atoms with Gasteiger partial charge in [0.25, 0.3) is 0 Å². The van der Waals surface area contributed by atoms with Gasteiger partial charge in [-0.3, -0.25) is 4.79 Å². The molecule has 2 rings (SSSR count). The normalized spacial score (nSPS) is 48.5. The highest BCUT2D eigenvalue weighted by Crippen LogP contribution is 2.46. The number of rotatable bonds is 1. The number of ketones is 1. The van der Waals surface area contributed by atoms with Crippen molar-refractivity contribution in [3.8, 4) is 0 Å². The summed E-state index contributed by atoms with van der Waals surface area (Å²) in [5, 5.41) is 0. The lowest BCUT2D eigenvalue weighted by atomic mass is 9.87. The fourth-order valence-electron chi connectivity index (χ4n) is 2.08. The van der Waals surface area contributed by atoms with Gasteiger partial charge in [-0.05, 0) is 12.3 Å². The topological polar surface area (TPSA) is 26.3 Å². The van der Waals surface area contributed by atoms with Crippen LogP contribution in [0.3, 0.4) is 0 Å². The van der Waals surface area contributed by atoms with E-state index in [0.717, 1.165) is 0 Å². The molecule has 13 heavy (non-hydrogen) atoms. The first-order valence-corrected chi connectivity index (χ1v) is 5.79. The van der Waals surface area contributed by atoms with Crippen LogP contribution < -0.4 is 0 Å². The van der Waals surface area contributed by atoms with Crippen LogP contribution in [0, 0.1) is 11.8 Å². The van der Waals surface area contributed by atoms with E-state index in [0.29, 0.717) is 5.78 Å². The van der Waals surface area contributed by atoms with Crippen LogP contribution in [-0.4, -0.2) is 23.1 Å². The largest absolute Gasteiger partial charge is 0.352 e. The highest BCUT2D eigenvalue weighted by Gasteiger charge is 2.51. The number of Topliss-reactive ketones (excluding diaryl/α,β-unsaturated/α-hetero) is 1. The van der Waals surface area contributed by atoms with Gasteiger partial charge in [0.05, 0.1) is 12.0 Å². The number of fused-ring (bicyclic) bond motifs is 2. The van der Waals surface area contributed by atoms with E-state index < -0.39 is 0 Å². The Morgan fingerprint density at radius 3 is 2.85 bits per heavy atom. The van der Waals surface area contributed by atoms with Crippen molar-refractivity contribution in [2.24, 2.45) is 11.8 Å². The zero-order valence-corrected chi connectivity index (χ0v) is 8.93. The third-order valence-corrected chi connectivity index (χ3v) is 4.35. The van der Waals surface area contributed by atoms with Gasteiger partial charge in [-0.1, -0.05) is 19.9 Å². The predicted octanol–water partition coefficient (Wildman–Crippen LogP) is 1.86. The molecule has 2 nitrogen and oxygen atoms in total. The summed E-state index contributed by atoms with van der Waals surface area (Å²) in [6.07, 6.45) is 6.08. The summed E-state index contributed by atoms with van der Waals surface area (Å²) in [6, 6.07) is 0. The average Bonchev–Trinajstić information content (AvgIpc) is 2.55. The van der Waals surface area contributed by atoms with Crippen LogP contribution in [0.2, 0.25) is 0 Å². The van der Waals surface area contributed by atoms with Gasteiger partial charge in [-0.25, -0.2) is 0 Å². The Labute approximate surface area is 82.7 Å². The second kappa shape index (κ2) is 2.85. The van der Waals surface area contributed by atoms with Gasteiger partial charge in [0.1, 0.15) is 10.7 Å². The van der Waals surface area contributed by atoms with Crippen molar-refractivity contribution in [3.63, 3.8) is 0 Å². The number of hydrogen-bond acceptors (Lipinski definition) is 3. The Morgan fingerprint density at radius 1 is 1.54 bits per heavy atom. The van der Waals surface area contributed by atoms with E-state index in [1.807, 2.05) is 26.2 Å². The second-order valence-corrected chi connectivity index (χ2v) is 4.83. The maximum absolute atomic E-state index is 11.8. The number of carbonyl (C=O) groups excluding carboxylic acids is 1. The van der Waals surface area contributed by atoms with Crippen molar-refractivity contribution < 1.29 is 9.53 Å². The highest BCUT2D eigenvalue weighted by molar-refractivity contribution is 8.00. The molecule has 0 amide bonds. The van der Waals surface area contributed by atoms with Gasteiger partial charge in [0.15, 0.2) is 0 Å². The van der Waals surface area contributed by atoms with Crippen molar-refractivity contribution in [1.82, 2.24) is 0 Å². The summed E-state index contributed by atoms with van der Waals surface area (Å²) < 4.78 is 5.86. The van der Waals surface area contributed by atoms with Crippen LogP contribution in [0.15, 0.2) is 12.2 Å². The third kappa shape index (κ3) is 1.10. The van der Waals surface area contributed by atoms with Crippen LogP contribution in [0.5, 0.6) is 0 Å². The molecule has 0 N–H and O–H groups in total. The van der Waals surface area contributed by atoms with E-state index in [9.17, 15) is 4.79 Å². The van der Waals surface area contributed by atoms with Crippen LogP contribution >= 0.6 is 11.8 Å². The van der Waals surface area contributed by atoms with Crippen molar-refractivity contribution in [2.75, 3.05) is 6.26 Å². The molecule has 2 bridgehead atoms. The van der Waals surface area contributed by atoms with E-state index in [1.165, 1.54) is 0 Å². The summed E-state index contributed by atoms with van der Waals surface area (Å²) in [5.74, 6) is 0.331. The lowest BCUT2D eigenvalue weighted by Crippen LogP contribution is -2.47. The molecule has 0 aromatic heterocycles. The average molecular weight is 198 g/mol. The molecule has 1 fully saturated rings. The molecule has 3 heteroatoms. The van der Waals surface area contributed by atoms with Crippen LogP contribution in [0.25, 0.3) is 0 Å².